The Morgan fingerprint density at radius 1 is 1.21 bits per heavy atom. The van der Waals surface area contributed by atoms with Gasteiger partial charge in [0.25, 0.3) is 0 Å². The van der Waals surface area contributed by atoms with Gasteiger partial charge in [0.1, 0.15) is 0 Å². The molecule has 0 aliphatic carbocycles. The van der Waals surface area contributed by atoms with E-state index in [1.165, 1.54) is 19.3 Å². The molecule has 3 unspecified atom stereocenters. The maximum absolute atomic E-state index is 12.3. The first-order chi connectivity index (χ1) is 9.33. The van der Waals surface area contributed by atoms with Crippen molar-refractivity contribution in [3.63, 3.8) is 0 Å². The highest BCUT2D eigenvalue weighted by atomic mass is 16.5. The minimum Gasteiger partial charge on any atom is -0.378 e. The van der Waals surface area contributed by atoms with Gasteiger partial charge >= 0.3 is 0 Å². The topological polar surface area (TPSA) is 41.6 Å². The molecule has 3 atom stereocenters. The number of rotatable bonds is 3. The second-order valence-corrected chi connectivity index (χ2v) is 6.33. The molecule has 0 saturated carbocycles. The molecule has 0 aromatic rings. The van der Waals surface area contributed by atoms with Crippen LogP contribution in [-0.2, 0) is 9.53 Å². The molecule has 4 heteroatoms. The van der Waals surface area contributed by atoms with Crippen LogP contribution in [-0.4, -0.2) is 49.7 Å². The highest BCUT2D eigenvalue weighted by Gasteiger charge is 2.34. The molecular formula is C15H26N2O2. The summed E-state index contributed by atoms with van der Waals surface area (Å²) in [6.07, 6.45) is 6.70. The van der Waals surface area contributed by atoms with Crippen LogP contribution in [0.4, 0.5) is 0 Å². The minimum atomic E-state index is 0.336. The molecule has 4 nitrogen and oxygen atoms in total. The van der Waals surface area contributed by atoms with E-state index in [1.807, 2.05) is 0 Å². The van der Waals surface area contributed by atoms with Crippen molar-refractivity contribution >= 4 is 5.91 Å². The molecular weight excluding hydrogens is 240 g/mol. The zero-order chi connectivity index (χ0) is 13.1. The number of piperidine rings is 1. The van der Waals surface area contributed by atoms with Crippen LogP contribution in [0.25, 0.3) is 0 Å². The van der Waals surface area contributed by atoms with Crippen LogP contribution in [0, 0.1) is 11.8 Å². The SMILES string of the molecule is O=C(CCC1CCCCO1)N1CCC2CNCC2C1. The normalized spacial score (nSPS) is 35.2. The highest BCUT2D eigenvalue weighted by molar-refractivity contribution is 5.76. The summed E-state index contributed by atoms with van der Waals surface area (Å²) >= 11 is 0. The first-order valence-electron chi connectivity index (χ1n) is 7.93. The van der Waals surface area contributed by atoms with E-state index in [2.05, 4.69) is 10.2 Å². The minimum absolute atomic E-state index is 0.336. The van der Waals surface area contributed by atoms with Crippen molar-refractivity contribution in [2.45, 2.75) is 44.6 Å². The lowest BCUT2D eigenvalue weighted by molar-refractivity contribution is -0.134. The third-order valence-electron chi connectivity index (χ3n) is 5.01. The van der Waals surface area contributed by atoms with Crippen LogP contribution in [0.3, 0.4) is 0 Å². The highest BCUT2D eigenvalue weighted by Crippen LogP contribution is 2.27. The van der Waals surface area contributed by atoms with Crippen molar-refractivity contribution in [2.24, 2.45) is 11.8 Å². The molecule has 3 rings (SSSR count). The number of nitrogens with one attached hydrogen (secondary N) is 1. The summed E-state index contributed by atoms with van der Waals surface area (Å²) in [6.45, 7) is 5.08. The molecule has 3 saturated heterocycles. The Hall–Kier alpha value is -0.610. The van der Waals surface area contributed by atoms with Crippen molar-refractivity contribution < 1.29 is 9.53 Å². The maximum atomic E-state index is 12.3. The van der Waals surface area contributed by atoms with Gasteiger partial charge in [-0.25, -0.2) is 0 Å². The fraction of sp³-hybridized carbons (Fsp3) is 0.933. The molecule has 19 heavy (non-hydrogen) atoms. The Morgan fingerprint density at radius 2 is 2.11 bits per heavy atom. The number of carbonyl (C=O) groups is 1. The number of hydrogen-bond acceptors (Lipinski definition) is 3. The molecule has 108 valence electrons. The summed E-state index contributed by atoms with van der Waals surface area (Å²) in [7, 11) is 0. The van der Waals surface area contributed by atoms with E-state index in [0.717, 1.165) is 51.5 Å². The second kappa shape index (κ2) is 6.23. The lowest BCUT2D eigenvalue weighted by Crippen LogP contribution is -2.43. The van der Waals surface area contributed by atoms with Gasteiger partial charge in [-0.3, -0.25) is 4.79 Å². The quantitative estimate of drug-likeness (QED) is 0.839. The molecule has 0 spiro atoms. The summed E-state index contributed by atoms with van der Waals surface area (Å²) in [5, 5.41) is 3.45. The number of carbonyl (C=O) groups excluding carboxylic acids is 1. The standard InChI is InChI=1S/C15H26N2O2/c18-15(5-4-14-3-1-2-8-19-14)17-7-6-12-9-16-10-13(12)11-17/h12-14,16H,1-11H2. The van der Waals surface area contributed by atoms with Crippen LogP contribution in [0.15, 0.2) is 0 Å². The number of amides is 1. The summed E-state index contributed by atoms with van der Waals surface area (Å²) in [5.74, 6) is 1.86. The Balaban J connectivity index is 1.42. The van der Waals surface area contributed by atoms with Crippen molar-refractivity contribution in [2.75, 3.05) is 32.8 Å². The van der Waals surface area contributed by atoms with Crippen LogP contribution < -0.4 is 5.32 Å². The van der Waals surface area contributed by atoms with E-state index in [4.69, 9.17) is 4.74 Å². The van der Waals surface area contributed by atoms with E-state index in [-0.39, 0.29) is 0 Å². The van der Waals surface area contributed by atoms with E-state index < -0.39 is 0 Å². The second-order valence-electron chi connectivity index (χ2n) is 6.33. The van der Waals surface area contributed by atoms with Crippen molar-refractivity contribution in [3.8, 4) is 0 Å². The first-order valence-corrected chi connectivity index (χ1v) is 7.93. The number of fused-ring (bicyclic) bond motifs is 1. The molecule has 0 aromatic carbocycles. The zero-order valence-electron chi connectivity index (χ0n) is 11.8. The van der Waals surface area contributed by atoms with Gasteiger partial charge < -0.3 is 15.0 Å². The molecule has 0 bridgehead atoms. The van der Waals surface area contributed by atoms with Crippen molar-refractivity contribution in [1.82, 2.24) is 10.2 Å². The van der Waals surface area contributed by atoms with Crippen LogP contribution in [0.1, 0.15) is 38.5 Å². The van der Waals surface area contributed by atoms with E-state index >= 15 is 0 Å². The predicted octanol–water partition coefficient (Wildman–Crippen LogP) is 1.40. The Bertz CT molecular complexity index is 315. The first kappa shape index (κ1) is 13.4. The Kier molecular flexibility index (Phi) is 4.38. The lowest BCUT2D eigenvalue weighted by Gasteiger charge is -2.35. The van der Waals surface area contributed by atoms with Gasteiger partial charge in [-0.1, -0.05) is 0 Å². The van der Waals surface area contributed by atoms with Crippen LogP contribution in [0.5, 0.6) is 0 Å². The molecule has 0 aromatic heterocycles. The molecule has 0 radical (unpaired) electrons. The average Bonchev–Trinajstić information content (AvgIpc) is 2.93. The number of ether oxygens (including phenoxy) is 1. The largest absolute Gasteiger partial charge is 0.378 e. The van der Waals surface area contributed by atoms with Gasteiger partial charge in [0.2, 0.25) is 5.91 Å². The Morgan fingerprint density at radius 3 is 2.95 bits per heavy atom. The predicted molar refractivity (Wildman–Crippen MR) is 73.9 cm³/mol. The number of hydrogen-bond donors (Lipinski definition) is 1. The van der Waals surface area contributed by atoms with E-state index in [0.29, 0.717) is 24.3 Å². The van der Waals surface area contributed by atoms with Gasteiger partial charge in [-0.15, -0.1) is 0 Å². The maximum Gasteiger partial charge on any atom is 0.222 e. The lowest BCUT2D eigenvalue weighted by atomic mass is 9.88. The van der Waals surface area contributed by atoms with Crippen molar-refractivity contribution in [3.05, 3.63) is 0 Å². The van der Waals surface area contributed by atoms with Gasteiger partial charge in [0, 0.05) is 26.1 Å². The monoisotopic (exact) mass is 266 g/mol. The summed E-state index contributed by atoms with van der Waals surface area (Å²) in [4.78, 5) is 14.4. The average molecular weight is 266 g/mol. The fourth-order valence-electron chi connectivity index (χ4n) is 3.74. The van der Waals surface area contributed by atoms with E-state index in [1.54, 1.807) is 0 Å². The van der Waals surface area contributed by atoms with Gasteiger partial charge in [-0.05, 0) is 57.0 Å². The molecule has 3 heterocycles. The van der Waals surface area contributed by atoms with Crippen LogP contribution in [0.2, 0.25) is 0 Å². The van der Waals surface area contributed by atoms with Gasteiger partial charge in [-0.2, -0.15) is 0 Å². The zero-order valence-corrected chi connectivity index (χ0v) is 11.8. The summed E-state index contributed by atoms with van der Waals surface area (Å²) in [6, 6.07) is 0. The molecule has 1 amide bonds. The smallest absolute Gasteiger partial charge is 0.222 e. The third kappa shape index (κ3) is 3.29. The van der Waals surface area contributed by atoms with Crippen LogP contribution >= 0.6 is 0 Å². The number of nitrogens with zero attached hydrogens (tertiary/aromatic N) is 1. The summed E-state index contributed by atoms with van der Waals surface area (Å²) in [5.41, 5.74) is 0. The van der Waals surface area contributed by atoms with Crippen molar-refractivity contribution in [1.29, 1.82) is 0 Å². The fourth-order valence-corrected chi connectivity index (χ4v) is 3.74. The molecule has 3 fully saturated rings. The van der Waals surface area contributed by atoms with Gasteiger partial charge in [0.05, 0.1) is 6.10 Å². The van der Waals surface area contributed by atoms with E-state index in [9.17, 15) is 4.79 Å². The summed E-state index contributed by atoms with van der Waals surface area (Å²) < 4.78 is 5.70. The van der Waals surface area contributed by atoms with Gasteiger partial charge in [0.15, 0.2) is 0 Å². The third-order valence-corrected chi connectivity index (χ3v) is 5.01. The number of likely N-dealkylation sites (tertiary alicyclic amines) is 1. The molecule has 3 aliphatic rings. The Labute approximate surface area is 115 Å². The molecule has 1 N–H and O–H groups in total. The molecule has 3 aliphatic heterocycles.